The van der Waals surface area contributed by atoms with E-state index >= 15 is 0 Å². The molecule has 0 N–H and O–H groups in total. The van der Waals surface area contributed by atoms with Crippen molar-refractivity contribution >= 4 is 17.7 Å². The average molecular weight is 348 g/mol. The molecule has 0 amide bonds. The first kappa shape index (κ1) is 20.9. The van der Waals surface area contributed by atoms with Gasteiger partial charge in [-0.1, -0.05) is 51.1 Å². The Balaban J connectivity index is 2.49. The molecule has 138 valence electrons. The SMILES string of the molecule is CCC(CC(C)C(C)C(=O)OCc1ccccc1)C(=O)OCC(C)=O. The fourth-order valence-corrected chi connectivity index (χ4v) is 2.47. The van der Waals surface area contributed by atoms with Gasteiger partial charge in [-0.3, -0.25) is 14.4 Å². The molecule has 0 aliphatic rings. The van der Waals surface area contributed by atoms with Crippen molar-refractivity contribution in [3.8, 4) is 0 Å². The summed E-state index contributed by atoms with van der Waals surface area (Å²) in [6, 6.07) is 9.51. The first-order valence-electron chi connectivity index (χ1n) is 8.71. The third kappa shape index (κ3) is 7.50. The zero-order chi connectivity index (χ0) is 18.8. The van der Waals surface area contributed by atoms with E-state index in [0.29, 0.717) is 12.8 Å². The molecule has 3 atom stereocenters. The van der Waals surface area contributed by atoms with Crippen molar-refractivity contribution in [1.29, 1.82) is 0 Å². The van der Waals surface area contributed by atoms with Crippen molar-refractivity contribution in [2.45, 2.75) is 47.1 Å². The molecule has 0 heterocycles. The van der Waals surface area contributed by atoms with Crippen molar-refractivity contribution < 1.29 is 23.9 Å². The average Bonchev–Trinajstić information content (AvgIpc) is 2.62. The van der Waals surface area contributed by atoms with Gasteiger partial charge in [-0.15, -0.1) is 0 Å². The van der Waals surface area contributed by atoms with Crippen LogP contribution in [0.25, 0.3) is 0 Å². The second-order valence-corrected chi connectivity index (χ2v) is 6.51. The van der Waals surface area contributed by atoms with Crippen LogP contribution in [0.2, 0.25) is 0 Å². The van der Waals surface area contributed by atoms with Gasteiger partial charge in [0.1, 0.15) is 13.2 Å². The standard InChI is InChI=1S/C20H28O5/c1-5-18(20(23)24-12-15(3)21)11-14(2)16(4)19(22)25-13-17-9-7-6-8-10-17/h6-10,14,16,18H,5,11-13H2,1-4H3. The summed E-state index contributed by atoms with van der Waals surface area (Å²) >= 11 is 0. The summed E-state index contributed by atoms with van der Waals surface area (Å²) in [5.74, 6) is -1.51. The van der Waals surface area contributed by atoms with E-state index in [2.05, 4.69) is 0 Å². The first-order chi connectivity index (χ1) is 11.8. The highest BCUT2D eigenvalue weighted by Gasteiger charge is 2.28. The van der Waals surface area contributed by atoms with Crippen LogP contribution in [0.15, 0.2) is 30.3 Å². The van der Waals surface area contributed by atoms with E-state index < -0.39 is 0 Å². The minimum atomic E-state index is -0.380. The molecule has 3 unspecified atom stereocenters. The van der Waals surface area contributed by atoms with E-state index in [9.17, 15) is 14.4 Å². The topological polar surface area (TPSA) is 69.7 Å². The van der Waals surface area contributed by atoms with Crippen LogP contribution < -0.4 is 0 Å². The third-order valence-electron chi connectivity index (χ3n) is 4.35. The molecule has 0 saturated carbocycles. The fraction of sp³-hybridized carbons (Fsp3) is 0.550. The number of carbonyl (C=O) groups is 3. The van der Waals surface area contributed by atoms with Crippen LogP contribution >= 0.6 is 0 Å². The number of carbonyl (C=O) groups excluding carboxylic acids is 3. The molecule has 0 aliphatic heterocycles. The van der Waals surface area contributed by atoms with Gasteiger partial charge in [0.2, 0.25) is 0 Å². The highest BCUT2D eigenvalue weighted by molar-refractivity contribution is 5.81. The summed E-state index contributed by atoms with van der Waals surface area (Å²) in [7, 11) is 0. The third-order valence-corrected chi connectivity index (χ3v) is 4.35. The minimum absolute atomic E-state index is 0.0295. The van der Waals surface area contributed by atoms with Crippen molar-refractivity contribution in [1.82, 2.24) is 0 Å². The van der Waals surface area contributed by atoms with Gasteiger partial charge >= 0.3 is 11.9 Å². The molecular formula is C20H28O5. The molecule has 0 bridgehead atoms. The molecule has 0 fully saturated rings. The quantitative estimate of drug-likeness (QED) is 0.605. The van der Waals surface area contributed by atoms with Gasteiger partial charge in [0.25, 0.3) is 0 Å². The van der Waals surface area contributed by atoms with Crippen LogP contribution in [0.3, 0.4) is 0 Å². The number of hydrogen-bond acceptors (Lipinski definition) is 5. The molecule has 0 aromatic heterocycles. The Kier molecular flexibility index (Phi) is 8.89. The lowest BCUT2D eigenvalue weighted by Crippen LogP contribution is -2.27. The maximum absolute atomic E-state index is 12.2. The fourth-order valence-electron chi connectivity index (χ4n) is 2.47. The predicted molar refractivity (Wildman–Crippen MR) is 94.6 cm³/mol. The van der Waals surface area contributed by atoms with Gasteiger partial charge in [0.15, 0.2) is 5.78 Å². The van der Waals surface area contributed by atoms with Gasteiger partial charge in [-0.05, 0) is 31.2 Å². The first-order valence-corrected chi connectivity index (χ1v) is 8.71. The molecule has 1 aromatic carbocycles. The molecule has 1 aromatic rings. The van der Waals surface area contributed by atoms with Crippen molar-refractivity contribution in [3.63, 3.8) is 0 Å². The normalized spacial score (nSPS) is 14.2. The van der Waals surface area contributed by atoms with Gasteiger partial charge in [-0.2, -0.15) is 0 Å². The van der Waals surface area contributed by atoms with E-state index in [4.69, 9.17) is 9.47 Å². The van der Waals surface area contributed by atoms with E-state index in [1.165, 1.54) is 6.92 Å². The van der Waals surface area contributed by atoms with E-state index in [1.807, 2.05) is 51.1 Å². The second kappa shape index (κ2) is 10.6. The maximum Gasteiger partial charge on any atom is 0.309 e. The molecule has 0 saturated heterocycles. The van der Waals surface area contributed by atoms with Crippen LogP contribution in [0.4, 0.5) is 0 Å². The molecule has 5 heteroatoms. The molecule has 25 heavy (non-hydrogen) atoms. The Hall–Kier alpha value is -2.17. The summed E-state index contributed by atoms with van der Waals surface area (Å²) < 4.78 is 10.4. The number of benzene rings is 1. The van der Waals surface area contributed by atoms with Gasteiger partial charge in [0.05, 0.1) is 11.8 Å². The van der Waals surface area contributed by atoms with Gasteiger partial charge < -0.3 is 9.47 Å². The van der Waals surface area contributed by atoms with Crippen molar-refractivity contribution in [2.75, 3.05) is 6.61 Å². The minimum Gasteiger partial charge on any atom is -0.461 e. The van der Waals surface area contributed by atoms with Crippen LogP contribution in [0, 0.1) is 17.8 Å². The summed E-state index contributed by atoms with van der Waals surface area (Å²) in [5, 5.41) is 0. The number of hydrogen-bond donors (Lipinski definition) is 0. The summed E-state index contributed by atoms with van der Waals surface area (Å²) in [4.78, 5) is 35.2. The molecular weight excluding hydrogens is 320 g/mol. The largest absolute Gasteiger partial charge is 0.461 e. The molecule has 5 nitrogen and oxygen atoms in total. The summed E-state index contributed by atoms with van der Waals surface area (Å²) in [5.41, 5.74) is 0.940. The Bertz CT molecular complexity index is 567. The van der Waals surface area contributed by atoms with Crippen molar-refractivity contribution in [2.24, 2.45) is 17.8 Å². The monoisotopic (exact) mass is 348 g/mol. The lowest BCUT2D eigenvalue weighted by Gasteiger charge is -2.22. The molecule has 0 aliphatic carbocycles. The molecule has 1 rings (SSSR count). The highest BCUT2D eigenvalue weighted by Crippen LogP contribution is 2.24. The Labute approximate surface area is 149 Å². The second-order valence-electron chi connectivity index (χ2n) is 6.51. The zero-order valence-corrected chi connectivity index (χ0v) is 15.5. The Morgan fingerprint density at radius 1 is 1.00 bits per heavy atom. The van der Waals surface area contributed by atoms with Crippen LogP contribution in [-0.4, -0.2) is 24.3 Å². The van der Waals surface area contributed by atoms with Gasteiger partial charge in [0, 0.05) is 0 Å². The molecule has 0 spiro atoms. The smallest absolute Gasteiger partial charge is 0.309 e. The number of rotatable bonds is 10. The van der Waals surface area contributed by atoms with Gasteiger partial charge in [-0.25, -0.2) is 0 Å². The summed E-state index contributed by atoms with van der Waals surface area (Å²) in [6.45, 7) is 7.06. The van der Waals surface area contributed by atoms with Crippen molar-refractivity contribution in [3.05, 3.63) is 35.9 Å². The maximum atomic E-state index is 12.2. The number of ketones is 1. The number of esters is 2. The number of Topliss-reactive ketones (excluding diaryl/α,β-unsaturated/α-hetero) is 1. The highest BCUT2D eigenvalue weighted by atomic mass is 16.5. The van der Waals surface area contributed by atoms with Crippen LogP contribution in [0.1, 0.15) is 46.1 Å². The van der Waals surface area contributed by atoms with Crippen LogP contribution in [-0.2, 0) is 30.5 Å². The zero-order valence-electron chi connectivity index (χ0n) is 15.5. The lowest BCUT2D eigenvalue weighted by atomic mass is 9.85. The lowest BCUT2D eigenvalue weighted by molar-refractivity contribution is -0.155. The Morgan fingerprint density at radius 3 is 2.20 bits per heavy atom. The van der Waals surface area contributed by atoms with E-state index in [0.717, 1.165) is 5.56 Å². The predicted octanol–water partition coefficient (Wildman–Crippen LogP) is 3.55. The Morgan fingerprint density at radius 2 is 1.64 bits per heavy atom. The molecule has 0 radical (unpaired) electrons. The van der Waals surface area contributed by atoms with E-state index in [1.54, 1.807) is 0 Å². The number of ether oxygens (including phenoxy) is 2. The van der Waals surface area contributed by atoms with Crippen LogP contribution in [0.5, 0.6) is 0 Å². The summed E-state index contributed by atoms with van der Waals surface area (Å²) in [6.07, 6.45) is 1.13. The van der Waals surface area contributed by atoms with E-state index in [-0.39, 0.29) is 48.7 Å².